The van der Waals surface area contributed by atoms with Gasteiger partial charge in [0.2, 0.25) is 0 Å². The second-order valence-electron chi connectivity index (χ2n) is 3.56. The Morgan fingerprint density at radius 2 is 1.82 bits per heavy atom. The number of nitrogens with one attached hydrogen (secondary N) is 1. The number of nitrogens with zero attached hydrogens (tertiary/aromatic N) is 1. The van der Waals surface area contributed by atoms with Gasteiger partial charge in [-0.2, -0.15) is 5.10 Å². The number of hydrazone groups is 1. The summed E-state index contributed by atoms with van der Waals surface area (Å²) in [5, 5.41) is 3.63. The van der Waals surface area contributed by atoms with Gasteiger partial charge in [-0.25, -0.2) is 13.2 Å². The molecule has 0 spiro atoms. The molecule has 88 valence electrons. The fraction of sp³-hybridized carbons (Fsp3) is 0.300. The molecular formula is C10H13N2NaO3S. The van der Waals surface area contributed by atoms with Crippen molar-refractivity contribution in [2.75, 3.05) is 0 Å². The summed E-state index contributed by atoms with van der Waals surface area (Å²) >= 11 is 0. The van der Waals surface area contributed by atoms with Gasteiger partial charge in [-0.1, -0.05) is 44.2 Å². The Labute approximate surface area is 123 Å². The van der Waals surface area contributed by atoms with Crippen LogP contribution in [0, 0.1) is 5.92 Å². The van der Waals surface area contributed by atoms with Crippen LogP contribution in [-0.4, -0.2) is 18.7 Å². The van der Waals surface area contributed by atoms with Crippen LogP contribution in [0.3, 0.4) is 0 Å². The molecule has 5 nitrogen and oxygen atoms in total. The van der Waals surface area contributed by atoms with Crippen molar-refractivity contribution in [3.63, 3.8) is 0 Å². The third-order valence-corrected chi connectivity index (χ3v) is 2.21. The van der Waals surface area contributed by atoms with Crippen molar-refractivity contribution >= 4 is 16.0 Å². The van der Waals surface area contributed by atoms with Crippen molar-refractivity contribution in [3.8, 4) is 0 Å². The molecule has 0 heterocycles. The van der Waals surface area contributed by atoms with Crippen molar-refractivity contribution in [2.24, 2.45) is 11.0 Å². The van der Waals surface area contributed by atoms with Gasteiger partial charge in [0.25, 0.3) is 0 Å². The molecule has 0 atom stereocenters. The largest absolute Gasteiger partial charge is 1.00 e. The van der Waals surface area contributed by atoms with E-state index in [1.54, 1.807) is 17.0 Å². The van der Waals surface area contributed by atoms with Crippen LogP contribution in [0.25, 0.3) is 0 Å². The average molecular weight is 264 g/mol. The Balaban J connectivity index is 0.00000256. The molecule has 0 bridgehead atoms. The van der Waals surface area contributed by atoms with Gasteiger partial charge in [0.05, 0.1) is 5.71 Å². The third-order valence-electron chi connectivity index (χ3n) is 1.89. The van der Waals surface area contributed by atoms with Crippen LogP contribution < -0.4 is 34.4 Å². The molecule has 1 rings (SSSR count). The fourth-order valence-electron chi connectivity index (χ4n) is 1.24. The maximum absolute atomic E-state index is 10.4. The minimum absolute atomic E-state index is 0. The van der Waals surface area contributed by atoms with Crippen LogP contribution in [-0.2, 0) is 10.3 Å². The van der Waals surface area contributed by atoms with Gasteiger partial charge >= 0.3 is 29.6 Å². The Morgan fingerprint density at radius 3 is 2.24 bits per heavy atom. The van der Waals surface area contributed by atoms with E-state index < -0.39 is 10.3 Å². The zero-order valence-electron chi connectivity index (χ0n) is 10.0. The van der Waals surface area contributed by atoms with E-state index in [-0.39, 0.29) is 35.5 Å². The van der Waals surface area contributed by atoms with Crippen molar-refractivity contribution in [1.29, 1.82) is 0 Å². The molecule has 1 N–H and O–H groups in total. The van der Waals surface area contributed by atoms with Crippen LogP contribution in [0.5, 0.6) is 0 Å². The van der Waals surface area contributed by atoms with Crippen molar-refractivity contribution in [1.82, 2.24) is 4.83 Å². The molecule has 0 unspecified atom stereocenters. The molecule has 0 aromatic heterocycles. The summed E-state index contributed by atoms with van der Waals surface area (Å²) in [4.78, 5) is 1.61. The maximum Gasteiger partial charge on any atom is 1.00 e. The zero-order chi connectivity index (χ0) is 12.2. The van der Waals surface area contributed by atoms with Gasteiger partial charge in [-0.05, 0) is 11.5 Å². The van der Waals surface area contributed by atoms with Gasteiger partial charge < -0.3 is 4.55 Å². The topological polar surface area (TPSA) is 81.6 Å². The van der Waals surface area contributed by atoms with E-state index in [1.165, 1.54) is 0 Å². The Hall–Kier alpha value is -0.400. The molecule has 7 heteroatoms. The molecule has 0 aliphatic heterocycles. The summed E-state index contributed by atoms with van der Waals surface area (Å²) in [5.41, 5.74) is 1.31. The quantitative estimate of drug-likeness (QED) is 0.298. The molecule has 0 radical (unpaired) electrons. The van der Waals surface area contributed by atoms with Crippen LogP contribution in [0.1, 0.15) is 19.4 Å². The van der Waals surface area contributed by atoms with Crippen LogP contribution in [0.4, 0.5) is 0 Å². The number of hydrogen-bond donors (Lipinski definition) is 1. The second-order valence-corrected chi connectivity index (χ2v) is 4.65. The van der Waals surface area contributed by atoms with Crippen molar-refractivity contribution in [2.45, 2.75) is 13.8 Å². The van der Waals surface area contributed by atoms with Gasteiger partial charge in [-0.15, -0.1) is 0 Å². The first-order chi connectivity index (χ1) is 7.40. The predicted molar refractivity (Wildman–Crippen MR) is 60.6 cm³/mol. The van der Waals surface area contributed by atoms with E-state index in [4.69, 9.17) is 0 Å². The van der Waals surface area contributed by atoms with E-state index in [2.05, 4.69) is 5.10 Å². The summed E-state index contributed by atoms with van der Waals surface area (Å²) in [6.07, 6.45) is 0. The summed E-state index contributed by atoms with van der Waals surface area (Å²) < 4.78 is 31.2. The van der Waals surface area contributed by atoms with Gasteiger partial charge in [0.1, 0.15) is 0 Å². The van der Waals surface area contributed by atoms with Gasteiger partial charge in [0, 0.05) is 0 Å². The van der Waals surface area contributed by atoms with E-state index in [9.17, 15) is 13.0 Å². The molecule has 0 aliphatic rings. The Bertz CT molecular complexity index is 472. The zero-order valence-corrected chi connectivity index (χ0v) is 12.9. The average Bonchev–Trinajstić information content (AvgIpc) is 2.17. The SMILES string of the molecule is CC(C)/C(=N\NS(=O)(=O)[O-])c1ccccc1.[Na+]. The number of rotatable bonds is 4. The van der Waals surface area contributed by atoms with Crippen LogP contribution in [0.2, 0.25) is 0 Å². The third kappa shape index (κ3) is 6.18. The number of hydrogen-bond acceptors (Lipinski definition) is 4. The fourth-order valence-corrected chi connectivity index (χ4v) is 1.45. The Morgan fingerprint density at radius 1 is 1.29 bits per heavy atom. The summed E-state index contributed by atoms with van der Waals surface area (Å²) in [7, 11) is -4.55. The van der Waals surface area contributed by atoms with Crippen LogP contribution in [0.15, 0.2) is 35.4 Å². The smallest absolute Gasteiger partial charge is 0.730 e. The summed E-state index contributed by atoms with van der Waals surface area (Å²) in [6, 6.07) is 9.09. The molecule has 0 amide bonds. The molecule has 0 saturated carbocycles. The molecule has 0 aliphatic carbocycles. The molecule has 17 heavy (non-hydrogen) atoms. The van der Waals surface area contributed by atoms with Crippen LogP contribution >= 0.6 is 0 Å². The summed E-state index contributed by atoms with van der Waals surface area (Å²) in [6.45, 7) is 3.73. The monoisotopic (exact) mass is 264 g/mol. The minimum Gasteiger partial charge on any atom is -0.730 e. The van der Waals surface area contributed by atoms with E-state index >= 15 is 0 Å². The number of benzene rings is 1. The van der Waals surface area contributed by atoms with Gasteiger partial charge in [0.15, 0.2) is 10.3 Å². The van der Waals surface area contributed by atoms with Gasteiger partial charge in [-0.3, -0.25) is 0 Å². The minimum atomic E-state index is -4.55. The maximum atomic E-state index is 10.4. The first-order valence-corrected chi connectivity index (χ1v) is 6.16. The molecular weight excluding hydrogens is 251 g/mol. The normalized spacial score (nSPS) is 12.1. The van der Waals surface area contributed by atoms with Crippen molar-refractivity contribution < 1.29 is 42.5 Å². The molecule has 0 fully saturated rings. The second kappa shape index (κ2) is 7.13. The first-order valence-electron chi connectivity index (χ1n) is 4.76. The van der Waals surface area contributed by atoms with E-state index in [0.29, 0.717) is 5.71 Å². The van der Waals surface area contributed by atoms with Crippen molar-refractivity contribution in [3.05, 3.63) is 35.9 Å². The Kier molecular flexibility index (Phi) is 6.96. The molecule has 0 saturated heterocycles. The molecule has 1 aromatic carbocycles. The first kappa shape index (κ1) is 16.6. The van der Waals surface area contributed by atoms with E-state index in [1.807, 2.05) is 32.0 Å². The standard InChI is InChI=1S/C10H14N2O3S.Na/c1-8(2)10(11-12-16(13,14)15)9-6-4-3-5-7-9;/h3-8,12H,1-2H3,(H,13,14,15);/q;+1/p-1/b11-10+;. The summed E-state index contributed by atoms with van der Waals surface area (Å²) in [5.74, 6) is 0.0108. The predicted octanol–water partition coefficient (Wildman–Crippen LogP) is -1.90. The van der Waals surface area contributed by atoms with E-state index in [0.717, 1.165) is 5.56 Å². The molecule has 1 aromatic rings.